The maximum absolute atomic E-state index is 13.1. The third-order valence-corrected chi connectivity index (χ3v) is 3.58. The number of hydrogen-bond donors (Lipinski definition) is 1. The van der Waals surface area contributed by atoms with Crippen molar-refractivity contribution >= 4 is 5.91 Å². The van der Waals surface area contributed by atoms with E-state index in [-0.39, 0.29) is 17.6 Å². The summed E-state index contributed by atoms with van der Waals surface area (Å²) in [6.07, 6.45) is 2.84. The summed E-state index contributed by atoms with van der Waals surface area (Å²) >= 11 is 0. The van der Waals surface area contributed by atoms with Crippen LogP contribution < -0.4 is 5.73 Å². The first-order chi connectivity index (χ1) is 9.11. The maximum Gasteiger partial charge on any atom is 0.226 e. The highest BCUT2D eigenvalue weighted by atomic mass is 19.1. The summed E-state index contributed by atoms with van der Waals surface area (Å²) in [6, 6.07) is 6.93. The number of hydrogen-bond acceptors (Lipinski definition) is 2. The van der Waals surface area contributed by atoms with Crippen molar-refractivity contribution in [2.45, 2.75) is 32.2 Å². The number of rotatable bonds is 6. The average Bonchev–Trinajstić information content (AvgIpc) is 3.22. The van der Waals surface area contributed by atoms with Crippen LogP contribution in [0.1, 0.15) is 25.3 Å². The van der Waals surface area contributed by atoms with Gasteiger partial charge in [0.1, 0.15) is 5.82 Å². The predicted octanol–water partition coefficient (Wildman–Crippen LogP) is 1.95. The molecule has 1 aromatic rings. The van der Waals surface area contributed by atoms with Gasteiger partial charge in [-0.3, -0.25) is 4.79 Å². The molecule has 19 heavy (non-hydrogen) atoms. The zero-order valence-corrected chi connectivity index (χ0v) is 11.3. The molecule has 1 aliphatic carbocycles. The standard InChI is InChI=1S/C15H21FN2O/c1-11(10-17)15(19)18(14-5-6-14)8-7-12-3-2-4-13(16)9-12/h2-4,9,11,14H,5-8,10,17H2,1H3. The van der Waals surface area contributed by atoms with E-state index < -0.39 is 0 Å². The summed E-state index contributed by atoms with van der Waals surface area (Å²) in [4.78, 5) is 14.1. The van der Waals surface area contributed by atoms with Crippen LogP contribution in [0.15, 0.2) is 24.3 Å². The molecule has 0 radical (unpaired) electrons. The van der Waals surface area contributed by atoms with E-state index in [1.54, 1.807) is 6.07 Å². The first kappa shape index (κ1) is 14.0. The van der Waals surface area contributed by atoms with Crippen molar-refractivity contribution in [3.05, 3.63) is 35.6 Å². The van der Waals surface area contributed by atoms with Crippen LogP contribution in [0.4, 0.5) is 4.39 Å². The van der Waals surface area contributed by atoms with E-state index in [4.69, 9.17) is 5.73 Å². The van der Waals surface area contributed by atoms with Gasteiger partial charge in [0.2, 0.25) is 5.91 Å². The van der Waals surface area contributed by atoms with Crippen molar-refractivity contribution in [2.75, 3.05) is 13.1 Å². The van der Waals surface area contributed by atoms with Gasteiger partial charge in [0.05, 0.1) is 0 Å². The molecule has 0 saturated heterocycles. The highest BCUT2D eigenvalue weighted by Gasteiger charge is 2.33. The average molecular weight is 264 g/mol. The van der Waals surface area contributed by atoms with Gasteiger partial charge < -0.3 is 10.6 Å². The van der Waals surface area contributed by atoms with Crippen LogP contribution in [0.25, 0.3) is 0 Å². The SMILES string of the molecule is CC(CN)C(=O)N(CCc1cccc(F)c1)C1CC1. The van der Waals surface area contributed by atoms with Gasteiger partial charge in [-0.25, -0.2) is 4.39 Å². The zero-order valence-electron chi connectivity index (χ0n) is 11.3. The Hall–Kier alpha value is -1.42. The van der Waals surface area contributed by atoms with E-state index in [2.05, 4.69) is 0 Å². The molecule has 104 valence electrons. The second kappa shape index (κ2) is 6.15. The van der Waals surface area contributed by atoms with Gasteiger partial charge in [0.15, 0.2) is 0 Å². The van der Waals surface area contributed by atoms with E-state index in [1.165, 1.54) is 12.1 Å². The van der Waals surface area contributed by atoms with E-state index in [0.717, 1.165) is 18.4 Å². The van der Waals surface area contributed by atoms with E-state index in [1.807, 2.05) is 17.9 Å². The lowest BCUT2D eigenvalue weighted by atomic mass is 10.1. The van der Waals surface area contributed by atoms with Gasteiger partial charge in [0, 0.05) is 25.0 Å². The van der Waals surface area contributed by atoms with Crippen molar-refractivity contribution in [1.29, 1.82) is 0 Å². The zero-order chi connectivity index (χ0) is 13.8. The molecule has 1 saturated carbocycles. The van der Waals surface area contributed by atoms with Crippen molar-refractivity contribution in [2.24, 2.45) is 11.7 Å². The molecule has 0 heterocycles. The van der Waals surface area contributed by atoms with Gasteiger partial charge >= 0.3 is 0 Å². The molecule has 1 fully saturated rings. The maximum atomic E-state index is 13.1. The van der Waals surface area contributed by atoms with Gasteiger partial charge in [-0.05, 0) is 37.0 Å². The number of benzene rings is 1. The monoisotopic (exact) mass is 264 g/mol. The Morgan fingerprint density at radius 3 is 2.84 bits per heavy atom. The van der Waals surface area contributed by atoms with Gasteiger partial charge in [0.25, 0.3) is 0 Å². The predicted molar refractivity (Wildman–Crippen MR) is 73.1 cm³/mol. The van der Waals surface area contributed by atoms with E-state index >= 15 is 0 Å². The highest BCUT2D eigenvalue weighted by Crippen LogP contribution is 2.28. The van der Waals surface area contributed by atoms with E-state index in [9.17, 15) is 9.18 Å². The first-order valence-electron chi connectivity index (χ1n) is 6.87. The van der Waals surface area contributed by atoms with Crippen LogP contribution in [0, 0.1) is 11.7 Å². The third-order valence-electron chi connectivity index (χ3n) is 3.58. The minimum Gasteiger partial charge on any atom is -0.339 e. The Bertz CT molecular complexity index is 446. The fraction of sp³-hybridized carbons (Fsp3) is 0.533. The number of amides is 1. The lowest BCUT2D eigenvalue weighted by molar-refractivity contribution is -0.135. The van der Waals surface area contributed by atoms with Gasteiger partial charge in [-0.1, -0.05) is 19.1 Å². The lowest BCUT2D eigenvalue weighted by Crippen LogP contribution is -2.40. The molecule has 1 aromatic carbocycles. The number of carbonyl (C=O) groups is 1. The summed E-state index contributed by atoms with van der Waals surface area (Å²) < 4.78 is 13.1. The molecule has 3 nitrogen and oxygen atoms in total. The number of halogens is 1. The molecule has 4 heteroatoms. The summed E-state index contributed by atoms with van der Waals surface area (Å²) in [5, 5.41) is 0. The van der Waals surface area contributed by atoms with E-state index in [0.29, 0.717) is 25.6 Å². The molecule has 0 aromatic heterocycles. The quantitative estimate of drug-likeness (QED) is 0.853. The largest absolute Gasteiger partial charge is 0.339 e. The molecule has 1 aliphatic rings. The minimum absolute atomic E-state index is 0.126. The van der Waals surface area contributed by atoms with Crippen LogP contribution in [-0.4, -0.2) is 29.9 Å². The van der Waals surface area contributed by atoms with Crippen molar-refractivity contribution < 1.29 is 9.18 Å². The van der Waals surface area contributed by atoms with Crippen LogP contribution in [0.5, 0.6) is 0 Å². The number of nitrogens with two attached hydrogens (primary N) is 1. The van der Waals surface area contributed by atoms with Crippen molar-refractivity contribution in [3.63, 3.8) is 0 Å². The molecule has 1 atom stereocenters. The molecule has 1 amide bonds. The molecule has 0 spiro atoms. The van der Waals surface area contributed by atoms with Crippen molar-refractivity contribution in [3.8, 4) is 0 Å². The highest BCUT2D eigenvalue weighted by molar-refractivity contribution is 5.79. The smallest absolute Gasteiger partial charge is 0.226 e. The summed E-state index contributed by atoms with van der Waals surface area (Å²) in [7, 11) is 0. The topological polar surface area (TPSA) is 46.3 Å². The lowest BCUT2D eigenvalue weighted by Gasteiger charge is -2.25. The number of carbonyl (C=O) groups excluding carboxylic acids is 1. The molecule has 0 aliphatic heterocycles. The van der Waals surface area contributed by atoms with Crippen LogP contribution in [0.2, 0.25) is 0 Å². The fourth-order valence-electron chi connectivity index (χ4n) is 2.18. The first-order valence-corrected chi connectivity index (χ1v) is 6.87. The Balaban J connectivity index is 1.96. The molecule has 2 rings (SSSR count). The molecular weight excluding hydrogens is 243 g/mol. The summed E-state index contributed by atoms with van der Waals surface area (Å²) in [6.45, 7) is 2.89. The van der Waals surface area contributed by atoms with Crippen LogP contribution in [0.3, 0.4) is 0 Å². The fourth-order valence-corrected chi connectivity index (χ4v) is 2.18. The summed E-state index contributed by atoms with van der Waals surface area (Å²) in [5.74, 6) is -0.230. The van der Waals surface area contributed by atoms with Crippen molar-refractivity contribution in [1.82, 2.24) is 4.90 Å². The Morgan fingerprint density at radius 2 is 2.26 bits per heavy atom. The summed E-state index contributed by atoms with van der Waals surface area (Å²) in [5.41, 5.74) is 6.49. The normalized spacial score (nSPS) is 16.2. The minimum atomic E-state index is -0.225. The second-order valence-corrected chi connectivity index (χ2v) is 5.28. The van der Waals surface area contributed by atoms with Crippen LogP contribution >= 0.6 is 0 Å². The molecule has 0 bridgehead atoms. The third kappa shape index (κ3) is 3.77. The number of nitrogens with zero attached hydrogens (tertiary/aromatic N) is 1. The molecule has 2 N–H and O–H groups in total. The molecule has 1 unspecified atom stereocenters. The second-order valence-electron chi connectivity index (χ2n) is 5.28. The van der Waals surface area contributed by atoms with Gasteiger partial charge in [-0.15, -0.1) is 0 Å². The molecular formula is C15H21FN2O. The van der Waals surface area contributed by atoms with Crippen LogP contribution in [-0.2, 0) is 11.2 Å². The Kier molecular flexibility index (Phi) is 4.53. The Labute approximate surface area is 113 Å². The Morgan fingerprint density at radius 1 is 1.53 bits per heavy atom. The van der Waals surface area contributed by atoms with Gasteiger partial charge in [-0.2, -0.15) is 0 Å².